The molecule has 0 spiro atoms. The monoisotopic (exact) mass is 332 g/mol. The number of nitrogens with one attached hydrogen (secondary N) is 1. The van der Waals surface area contributed by atoms with Gasteiger partial charge in [0, 0.05) is 18.7 Å². The lowest BCUT2D eigenvalue weighted by Crippen LogP contribution is -2.57. The van der Waals surface area contributed by atoms with Crippen LogP contribution >= 0.6 is 0 Å². The average molecular weight is 332 g/mol. The van der Waals surface area contributed by atoms with Gasteiger partial charge < -0.3 is 20.1 Å². The van der Waals surface area contributed by atoms with Crippen molar-refractivity contribution in [2.45, 2.75) is 32.1 Å². The van der Waals surface area contributed by atoms with Crippen LogP contribution in [-0.2, 0) is 17.9 Å². The SMILES string of the molecule is CC1(C(F)F)CN(C(=O)NCc2ccc(CO)c(F)c2)CCO1. The van der Waals surface area contributed by atoms with Crippen LogP contribution in [-0.4, -0.2) is 47.8 Å². The minimum Gasteiger partial charge on any atom is -0.392 e. The third kappa shape index (κ3) is 4.14. The lowest BCUT2D eigenvalue weighted by atomic mass is 10.1. The second-order valence-corrected chi connectivity index (χ2v) is 5.63. The van der Waals surface area contributed by atoms with E-state index in [-0.39, 0.29) is 31.8 Å². The van der Waals surface area contributed by atoms with Gasteiger partial charge in [-0.05, 0) is 18.6 Å². The van der Waals surface area contributed by atoms with Gasteiger partial charge in [-0.2, -0.15) is 0 Å². The number of amides is 2. The Balaban J connectivity index is 1.93. The molecule has 2 N–H and O–H groups in total. The summed E-state index contributed by atoms with van der Waals surface area (Å²) in [5, 5.41) is 11.5. The van der Waals surface area contributed by atoms with Gasteiger partial charge in [-0.25, -0.2) is 18.0 Å². The number of halogens is 3. The maximum absolute atomic E-state index is 13.5. The molecule has 1 aliphatic heterocycles. The number of benzene rings is 1. The zero-order valence-corrected chi connectivity index (χ0v) is 12.7. The highest BCUT2D eigenvalue weighted by Crippen LogP contribution is 2.24. The van der Waals surface area contributed by atoms with Crippen molar-refractivity contribution in [2.75, 3.05) is 19.7 Å². The van der Waals surface area contributed by atoms with Gasteiger partial charge in [0.25, 0.3) is 6.43 Å². The minimum absolute atomic E-state index is 0.0358. The Morgan fingerprint density at radius 1 is 1.52 bits per heavy atom. The maximum Gasteiger partial charge on any atom is 0.317 e. The Bertz CT molecular complexity index is 571. The van der Waals surface area contributed by atoms with E-state index in [1.165, 1.54) is 24.0 Å². The maximum atomic E-state index is 13.5. The van der Waals surface area contributed by atoms with Crippen molar-refractivity contribution >= 4 is 6.03 Å². The van der Waals surface area contributed by atoms with Gasteiger partial charge in [0.2, 0.25) is 0 Å². The van der Waals surface area contributed by atoms with E-state index in [9.17, 15) is 18.0 Å². The van der Waals surface area contributed by atoms with Crippen molar-refractivity contribution in [1.29, 1.82) is 0 Å². The van der Waals surface area contributed by atoms with E-state index >= 15 is 0 Å². The predicted octanol–water partition coefficient (Wildman–Crippen LogP) is 1.88. The molecule has 1 unspecified atom stereocenters. The number of alkyl halides is 2. The number of morpholine rings is 1. The normalized spacial score (nSPS) is 21.6. The van der Waals surface area contributed by atoms with Gasteiger partial charge in [-0.3, -0.25) is 0 Å². The minimum atomic E-state index is -2.70. The Hall–Kier alpha value is -1.80. The molecule has 5 nitrogen and oxygen atoms in total. The number of nitrogens with zero attached hydrogens (tertiary/aromatic N) is 1. The van der Waals surface area contributed by atoms with Crippen molar-refractivity contribution in [3.05, 3.63) is 35.1 Å². The standard InChI is InChI=1S/C15H19F3N2O3/c1-15(13(17)18)9-20(4-5-23-15)14(22)19-7-10-2-3-11(8-21)12(16)6-10/h2-3,6,13,21H,4-5,7-9H2,1H3,(H,19,22). The Morgan fingerprint density at radius 2 is 2.26 bits per heavy atom. The first kappa shape index (κ1) is 17.6. The summed E-state index contributed by atoms with van der Waals surface area (Å²) in [7, 11) is 0. The van der Waals surface area contributed by atoms with Gasteiger partial charge >= 0.3 is 6.03 Å². The van der Waals surface area contributed by atoms with Crippen LogP contribution in [0.3, 0.4) is 0 Å². The van der Waals surface area contributed by atoms with Gasteiger partial charge in [0.15, 0.2) is 0 Å². The fourth-order valence-corrected chi connectivity index (χ4v) is 2.32. The highest BCUT2D eigenvalue weighted by Gasteiger charge is 2.41. The highest BCUT2D eigenvalue weighted by atomic mass is 19.3. The highest BCUT2D eigenvalue weighted by molar-refractivity contribution is 5.74. The number of aliphatic hydroxyl groups is 1. The molecule has 0 radical (unpaired) electrons. The molecule has 1 aromatic carbocycles. The van der Waals surface area contributed by atoms with E-state index in [1.54, 1.807) is 6.07 Å². The second kappa shape index (κ2) is 7.18. The first-order chi connectivity index (χ1) is 10.9. The smallest absolute Gasteiger partial charge is 0.317 e. The van der Waals surface area contributed by atoms with Crippen LogP contribution in [0, 0.1) is 5.82 Å². The molecule has 1 aliphatic rings. The predicted molar refractivity (Wildman–Crippen MR) is 76.5 cm³/mol. The lowest BCUT2D eigenvalue weighted by Gasteiger charge is -2.39. The summed E-state index contributed by atoms with van der Waals surface area (Å²) in [6, 6.07) is 3.72. The van der Waals surface area contributed by atoms with Crippen molar-refractivity contribution in [2.24, 2.45) is 0 Å². The number of aliphatic hydroxyl groups excluding tert-OH is 1. The number of hydrogen-bond acceptors (Lipinski definition) is 3. The summed E-state index contributed by atoms with van der Waals surface area (Å²) in [5.41, 5.74) is -0.997. The molecule has 2 amide bonds. The van der Waals surface area contributed by atoms with E-state index in [4.69, 9.17) is 9.84 Å². The van der Waals surface area contributed by atoms with Crippen LogP contribution in [0.5, 0.6) is 0 Å². The number of carbonyl (C=O) groups excluding carboxylic acids is 1. The number of hydrogen-bond donors (Lipinski definition) is 2. The van der Waals surface area contributed by atoms with E-state index in [0.29, 0.717) is 5.56 Å². The zero-order valence-electron chi connectivity index (χ0n) is 12.7. The number of ether oxygens (including phenoxy) is 1. The molecule has 0 saturated carbocycles. The molecule has 1 aromatic rings. The van der Waals surface area contributed by atoms with Crippen LogP contribution < -0.4 is 5.32 Å². The molecule has 8 heteroatoms. The first-order valence-corrected chi connectivity index (χ1v) is 7.19. The molecular weight excluding hydrogens is 313 g/mol. The van der Waals surface area contributed by atoms with Crippen molar-refractivity contribution in [3.8, 4) is 0 Å². The summed E-state index contributed by atoms with van der Waals surface area (Å²) in [5.74, 6) is -0.559. The summed E-state index contributed by atoms with van der Waals surface area (Å²) < 4.78 is 44.5. The summed E-state index contributed by atoms with van der Waals surface area (Å²) in [6.07, 6.45) is -2.70. The lowest BCUT2D eigenvalue weighted by molar-refractivity contribution is -0.161. The Labute approximate surface area is 132 Å². The molecule has 0 aliphatic carbocycles. The van der Waals surface area contributed by atoms with Crippen LogP contribution in [0.4, 0.5) is 18.0 Å². The third-order valence-electron chi connectivity index (χ3n) is 3.78. The quantitative estimate of drug-likeness (QED) is 0.885. The van der Waals surface area contributed by atoms with Crippen LogP contribution in [0.15, 0.2) is 18.2 Å². The second-order valence-electron chi connectivity index (χ2n) is 5.63. The van der Waals surface area contributed by atoms with Gasteiger partial charge in [0.05, 0.1) is 19.8 Å². The summed E-state index contributed by atoms with van der Waals surface area (Å²) >= 11 is 0. The fraction of sp³-hybridized carbons (Fsp3) is 0.533. The van der Waals surface area contributed by atoms with Crippen LogP contribution in [0.2, 0.25) is 0 Å². The number of carbonyl (C=O) groups is 1. The molecule has 23 heavy (non-hydrogen) atoms. The fourth-order valence-electron chi connectivity index (χ4n) is 2.32. The zero-order chi connectivity index (χ0) is 17.0. The largest absolute Gasteiger partial charge is 0.392 e. The summed E-state index contributed by atoms with van der Waals surface area (Å²) in [4.78, 5) is 13.3. The van der Waals surface area contributed by atoms with E-state index < -0.39 is 30.5 Å². The van der Waals surface area contributed by atoms with Gasteiger partial charge in [0.1, 0.15) is 11.4 Å². The third-order valence-corrected chi connectivity index (χ3v) is 3.78. The topological polar surface area (TPSA) is 61.8 Å². The van der Waals surface area contributed by atoms with Crippen molar-refractivity contribution < 1.29 is 27.8 Å². The van der Waals surface area contributed by atoms with Crippen LogP contribution in [0.25, 0.3) is 0 Å². The van der Waals surface area contributed by atoms with E-state index in [1.807, 2.05) is 0 Å². The molecule has 1 atom stereocenters. The number of urea groups is 1. The molecule has 1 saturated heterocycles. The Kier molecular flexibility index (Phi) is 5.48. The van der Waals surface area contributed by atoms with Crippen LogP contribution in [0.1, 0.15) is 18.1 Å². The number of rotatable bonds is 4. The van der Waals surface area contributed by atoms with E-state index in [0.717, 1.165) is 0 Å². The average Bonchev–Trinajstić information content (AvgIpc) is 2.52. The van der Waals surface area contributed by atoms with Crippen molar-refractivity contribution in [3.63, 3.8) is 0 Å². The van der Waals surface area contributed by atoms with E-state index in [2.05, 4.69) is 5.32 Å². The van der Waals surface area contributed by atoms with Gasteiger partial charge in [-0.1, -0.05) is 12.1 Å². The molecule has 128 valence electrons. The summed E-state index contributed by atoms with van der Waals surface area (Å²) in [6.45, 7) is 0.955. The molecule has 1 heterocycles. The molecule has 0 aromatic heterocycles. The first-order valence-electron chi connectivity index (χ1n) is 7.19. The van der Waals surface area contributed by atoms with Crippen molar-refractivity contribution in [1.82, 2.24) is 10.2 Å². The molecule has 0 bridgehead atoms. The molecule has 2 rings (SSSR count). The van der Waals surface area contributed by atoms with Gasteiger partial charge in [-0.15, -0.1) is 0 Å². The Morgan fingerprint density at radius 3 is 2.87 bits per heavy atom. The molecule has 1 fully saturated rings. The molecular formula is C15H19F3N2O3.